The molecule has 0 bridgehead atoms. The second-order valence-electron chi connectivity index (χ2n) is 5.01. The maximum atomic E-state index is 12.1. The molecule has 1 heterocycles. The molecule has 0 radical (unpaired) electrons. The maximum absolute atomic E-state index is 12.1. The fourth-order valence-corrected chi connectivity index (χ4v) is 1.96. The second kappa shape index (κ2) is 4.25. The van der Waals surface area contributed by atoms with Crippen molar-refractivity contribution in [1.82, 2.24) is 9.78 Å². The Morgan fingerprint density at radius 3 is 2.27 bits per heavy atom. The van der Waals surface area contributed by atoms with Crippen molar-refractivity contribution >= 4 is 0 Å². The minimum atomic E-state index is -0.0709. The zero-order valence-electron chi connectivity index (χ0n) is 10.5. The summed E-state index contributed by atoms with van der Waals surface area (Å²) in [5.74, 6) is 0. The largest absolute Gasteiger partial charge is 0.299 e. The fourth-order valence-electron chi connectivity index (χ4n) is 1.96. The SMILES string of the molecule is CCCc1[nH]n(CC)c(=O)c1C(C)(C)C. The van der Waals surface area contributed by atoms with Gasteiger partial charge in [0.1, 0.15) is 0 Å². The molecule has 86 valence electrons. The van der Waals surface area contributed by atoms with Crippen molar-refractivity contribution in [2.45, 2.75) is 59.4 Å². The first-order valence-electron chi connectivity index (χ1n) is 5.74. The Balaban J connectivity index is 3.33. The summed E-state index contributed by atoms with van der Waals surface area (Å²) in [6.45, 7) is 11.1. The molecule has 1 rings (SSSR count). The highest BCUT2D eigenvalue weighted by Gasteiger charge is 2.24. The standard InChI is InChI=1S/C12H22N2O/c1-6-8-9-10(12(3,4)5)11(15)14(7-2)13-9/h13H,6-8H2,1-5H3. The minimum absolute atomic E-state index is 0.0709. The van der Waals surface area contributed by atoms with Crippen LogP contribution in [0.15, 0.2) is 4.79 Å². The molecular formula is C12H22N2O. The van der Waals surface area contributed by atoms with E-state index in [1.54, 1.807) is 4.68 Å². The van der Waals surface area contributed by atoms with Crippen LogP contribution in [-0.2, 0) is 18.4 Å². The van der Waals surface area contributed by atoms with Gasteiger partial charge in [-0.15, -0.1) is 0 Å². The quantitative estimate of drug-likeness (QED) is 0.817. The van der Waals surface area contributed by atoms with E-state index in [2.05, 4.69) is 32.8 Å². The van der Waals surface area contributed by atoms with E-state index in [1.807, 2.05) is 6.92 Å². The first kappa shape index (κ1) is 12.1. The number of nitrogens with zero attached hydrogens (tertiary/aromatic N) is 1. The van der Waals surface area contributed by atoms with Gasteiger partial charge >= 0.3 is 0 Å². The predicted molar refractivity (Wildman–Crippen MR) is 63.4 cm³/mol. The molecule has 0 aliphatic heterocycles. The molecule has 1 N–H and O–H groups in total. The topological polar surface area (TPSA) is 37.8 Å². The summed E-state index contributed by atoms with van der Waals surface area (Å²) in [5, 5.41) is 3.21. The molecule has 0 saturated heterocycles. The Bertz CT molecular complexity index is 379. The number of rotatable bonds is 3. The summed E-state index contributed by atoms with van der Waals surface area (Å²) in [4.78, 5) is 12.1. The van der Waals surface area contributed by atoms with Crippen molar-refractivity contribution in [1.29, 1.82) is 0 Å². The number of H-pyrrole nitrogens is 1. The Morgan fingerprint density at radius 2 is 1.87 bits per heavy atom. The lowest BCUT2D eigenvalue weighted by Gasteiger charge is -2.17. The van der Waals surface area contributed by atoms with Gasteiger partial charge in [-0.1, -0.05) is 34.1 Å². The number of nitrogens with one attached hydrogen (secondary N) is 1. The number of hydrogen-bond acceptors (Lipinski definition) is 1. The Hall–Kier alpha value is -0.990. The molecular weight excluding hydrogens is 188 g/mol. The molecule has 0 spiro atoms. The van der Waals surface area contributed by atoms with E-state index < -0.39 is 0 Å². The van der Waals surface area contributed by atoms with Crippen LogP contribution in [-0.4, -0.2) is 9.78 Å². The fraction of sp³-hybridized carbons (Fsp3) is 0.750. The molecule has 3 nitrogen and oxygen atoms in total. The lowest BCUT2D eigenvalue weighted by molar-refractivity contribution is 0.572. The monoisotopic (exact) mass is 210 g/mol. The predicted octanol–water partition coefficient (Wildman–Crippen LogP) is 2.45. The summed E-state index contributed by atoms with van der Waals surface area (Å²) in [5.41, 5.74) is 2.13. The van der Waals surface area contributed by atoms with E-state index in [0.717, 1.165) is 24.1 Å². The van der Waals surface area contributed by atoms with Gasteiger partial charge in [-0.05, 0) is 18.8 Å². The number of hydrogen-bond donors (Lipinski definition) is 1. The van der Waals surface area contributed by atoms with Gasteiger partial charge in [-0.3, -0.25) is 14.6 Å². The molecule has 0 atom stereocenters. The van der Waals surface area contributed by atoms with Gasteiger partial charge in [-0.2, -0.15) is 0 Å². The number of aryl methyl sites for hydroxylation is 2. The van der Waals surface area contributed by atoms with Crippen molar-refractivity contribution in [2.75, 3.05) is 0 Å². The van der Waals surface area contributed by atoms with Crippen LogP contribution in [0.1, 0.15) is 52.3 Å². The molecule has 15 heavy (non-hydrogen) atoms. The van der Waals surface area contributed by atoms with Gasteiger partial charge in [0, 0.05) is 17.8 Å². The first-order chi connectivity index (χ1) is 6.91. The summed E-state index contributed by atoms with van der Waals surface area (Å²) < 4.78 is 1.70. The third-order valence-corrected chi connectivity index (χ3v) is 2.60. The molecule has 0 unspecified atom stereocenters. The lowest BCUT2D eigenvalue weighted by Crippen LogP contribution is -2.26. The van der Waals surface area contributed by atoms with Crippen molar-refractivity contribution in [3.8, 4) is 0 Å². The zero-order chi connectivity index (χ0) is 11.6. The molecule has 0 aliphatic carbocycles. The number of aromatic amines is 1. The average molecular weight is 210 g/mol. The van der Waals surface area contributed by atoms with E-state index >= 15 is 0 Å². The third-order valence-electron chi connectivity index (χ3n) is 2.60. The molecule has 0 saturated carbocycles. The van der Waals surface area contributed by atoms with Crippen molar-refractivity contribution in [3.63, 3.8) is 0 Å². The van der Waals surface area contributed by atoms with Crippen molar-refractivity contribution in [3.05, 3.63) is 21.6 Å². The van der Waals surface area contributed by atoms with E-state index in [9.17, 15) is 4.79 Å². The molecule has 3 heteroatoms. The van der Waals surface area contributed by atoms with Crippen LogP contribution < -0.4 is 5.56 Å². The third kappa shape index (κ3) is 2.33. The van der Waals surface area contributed by atoms with Crippen molar-refractivity contribution < 1.29 is 0 Å². The molecule has 0 fully saturated rings. The highest BCUT2D eigenvalue weighted by atomic mass is 16.1. The molecule has 1 aromatic heterocycles. The second-order valence-corrected chi connectivity index (χ2v) is 5.01. The average Bonchev–Trinajstić information content (AvgIpc) is 2.42. The lowest BCUT2D eigenvalue weighted by atomic mass is 9.86. The minimum Gasteiger partial charge on any atom is -0.299 e. The van der Waals surface area contributed by atoms with Crippen LogP contribution in [0.5, 0.6) is 0 Å². The van der Waals surface area contributed by atoms with Gasteiger partial charge in [0.05, 0.1) is 0 Å². The highest BCUT2D eigenvalue weighted by Crippen LogP contribution is 2.22. The normalized spacial score (nSPS) is 12.1. The summed E-state index contributed by atoms with van der Waals surface area (Å²) in [7, 11) is 0. The van der Waals surface area contributed by atoms with Gasteiger partial charge in [0.15, 0.2) is 0 Å². The summed E-state index contributed by atoms with van der Waals surface area (Å²) >= 11 is 0. The van der Waals surface area contributed by atoms with E-state index in [4.69, 9.17) is 0 Å². The van der Waals surface area contributed by atoms with E-state index in [0.29, 0.717) is 6.54 Å². The van der Waals surface area contributed by atoms with Gasteiger partial charge < -0.3 is 0 Å². The van der Waals surface area contributed by atoms with Crippen molar-refractivity contribution in [2.24, 2.45) is 0 Å². The van der Waals surface area contributed by atoms with Crippen LogP contribution in [0.2, 0.25) is 0 Å². The first-order valence-corrected chi connectivity index (χ1v) is 5.74. The summed E-state index contributed by atoms with van der Waals surface area (Å²) in [6.07, 6.45) is 2.02. The summed E-state index contributed by atoms with van der Waals surface area (Å²) in [6, 6.07) is 0. The number of aromatic nitrogens is 2. The smallest absolute Gasteiger partial charge is 0.270 e. The van der Waals surface area contributed by atoms with E-state index in [1.165, 1.54) is 0 Å². The van der Waals surface area contributed by atoms with Crippen LogP contribution >= 0.6 is 0 Å². The molecule has 0 aromatic carbocycles. The Kier molecular flexibility index (Phi) is 3.42. The van der Waals surface area contributed by atoms with Crippen LogP contribution in [0, 0.1) is 0 Å². The van der Waals surface area contributed by atoms with Gasteiger partial charge in [0.2, 0.25) is 0 Å². The zero-order valence-corrected chi connectivity index (χ0v) is 10.5. The molecule has 1 aromatic rings. The Morgan fingerprint density at radius 1 is 1.27 bits per heavy atom. The molecule has 0 amide bonds. The highest BCUT2D eigenvalue weighted by molar-refractivity contribution is 5.25. The van der Waals surface area contributed by atoms with Crippen LogP contribution in [0.25, 0.3) is 0 Å². The van der Waals surface area contributed by atoms with Gasteiger partial charge in [-0.25, -0.2) is 0 Å². The molecule has 0 aliphatic rings. The van der Waals surface area contributed by atoms with Crippen LogP contribution in [0.3, 0.4) is 0 Å². The van der Waals surface area contributed by atoms with Crippen LogP contribution in [0.4, 0.5) is 0 Å². The Labute approximate surface area is 91.5 Å². The van der Waals surface area contributed by atoms with E-state index in [-0.39, 0.29) is 11.0 Å². The van der Waals surface area contributed by atoms with Gasteiger partial charge in [0.25, 0.3) is 5.56 Å². The maximum Gasteiger partial charge on any atom is 0.270 e.